The van der Waals surface area contributed by atoms with Crippen molar-refractivity contribution in [2.45, 2.75) is 6.54 Å². The van der Waals surface area contributed by atoms with Crippen LogP contribution in [-0.2, 0) is 11.3 Å². The number of ether oxygens (including phenoxy) is 1. The van der Waals surface area contributed by atoms with Crippen LogP contribution in [-0.4, -0.2) is 25.2 Å². The Morgan fingerprint density at radius 1 is 1.26 bits per heavy atom. The third-order valence-electron chi connectivity index (χ3n) is 2.46. The first kappa shape index (κ1) is 14.7. The van der Waals surface area contributed by atoms with Gasteiger partial charge in [-0.05, 0) is 18.2 Å². The van der Waals surface area contributed by atoms with Crippen LogP contribution in [0.2, 0.25) is 0 Å². The van der Waals surface area contributed by atoms with E-state index in [1.807, 2.05) is 18.2 Å². The van der Waals surface area contributed by atoms with Crippen molar-refractivity contribution in [3.8, 4) is 11.3 Å². The molecule has 102 valence electrons. The van der Waals surface area contributed by atoms with Crippen molar-refractivity contribution in [2.24, 2.45) is 0 Å². The van der Waals surface area contributed by atoms with Crippen LogP contribution < -0.4 is 5.32 Å². The van der Waals surface area contributed by atoms with Gasteiger partial charge in [-0.25, -0.2) is 4.98 Å². The van der Waals surface area contributed by atoms with E-state index in [0.29, 0.717) is 19.0 Å². The van der Waals surface area contributed by atoms with Crippen LogP contribution in [0.1, 0.15) is 5.89 Å². The number of hydrogen-bond donors (Lipinski definition) is 1. The summed E-state index contributed by atoms with van der Waals surface area (Å²) < 4.78 is 12.6. The summed E-state index contributed by atoms with van der Waals surface area (Å²) in [4.78, 5) is 4.25. The van der Waals surface area contributed by atoms with Gasteiger partial charge in [-0.2, -0.15) is 0 Å². The Balaban J connectivity index is 2.03. The smallest absolute Gasteiger partial charge is 0.208 e. The fourth-order valence-corrected chi connectivity index (χ4v) is 2.88. The first-order chi connectivity index (χ1) is 9.19. The van der Waals surface area contributed by atoms with Crippen LogP contribution in [0.4, 0.5) is 0 Å². The molecule has 0 bridgehead atoms. The number of halogens is 2. The Labute approximate surface area is 128 Å². The third-order valence-corrected chi connectivity index (χ3v) is 3.38. The SMILES string of the molecule is COCCNCc1ncc(-c2cc(Br)cc(Br)c2)o1. The van der Waals surface area contributed by atoms with Crippen molar-refractivity contribution in [2.75, 3.05) is 20.3 Å². The third kappa shape index (κ3) is 4.42. The zero-order valence-corrected chi connectivity index (χ0v) is 13.6. The zero-order valence-electron chi connectivity index (χ0n) is 10.5. The molecule has 0 amide bonds. The van der Waals surface area contributed by atoms with Gasteiger partial charge in [0.15, 0.2) is 5.76 Å². The molecule has 0 saturated heterocycles. The van der Waals surface area contributed by atoms with Gasteiger partial charge in [-0.3, -0.25) is 0 Å². The molecule has 0 aliphatic heterocycles. The second-order valence-electron chi connectivity index (χ2n) is 3.95. The van der Waals surface area contributed by atoms with E-state index in [1.165, 1.54) is 0 Å². The van der Waals surface area contributed by atoms with E-state index in [2.05, 4.69) is 42.2 Å². The van der Waals surface area contributed by atoms with Crippen molar-refractivity contribution in [1.82, 2.24) is 10.3 Å². The molecule has 1 N–H and O–H groups in total. The average molecular weight is 390 g/mol. The van der Waals surface area contributed by atoms with Gasteiger partial charge in [-0.15, -0.1) is 0 Å². The largest absolute Gasteiger partial charge is 0.439 e. The highest BCUT2D eigenvalue weighted by Crippen LogP contribution is 2.28. The van der Waals surface area contributed by atoms with Crippen molar-refractivity contribution in [1.29, 1.82) is 0 Å². The number of oxazole rings is 1. The fourth-order valence-electron chi connectivity index (χ4n) is 1.59. The number of nitrogens with zero attached hydrogens (tertiary/aromatic N) is 1. The molecule has 2 aromatic rings. The van der Waals surface area contributed by atoms with Crippen LogP contribution in [0.15, 0.2) is 37.8 Å². The summed E-state index contributed by atoms with van der Waals surface area (Å²) >= 11 is 6.92. The van der Waals surface area contributed by atoms with E-state index in [1.54, 1.807) is 13.3 Å². The molecule has 1 aromatic heterocycles. The molecule has 0 unspecified atom stereocenters. The maximum atomic E-state index is 5.70. The van der Waals surface area contributed by atoms with E-state index in [4.69, 9.17) is 9.15 Å². The molecular formula is C13H14Br2N2O2. The minimum absolute atomic E-state index is 0.596. The van der Waals surface area contributed by atoms with E-state index in [-0.39, 0.29) is 0 Å². The summed E-state index contributed by atoms with van der Waals surface area (Å²) in [5.41, 5.74) is 0.983. The molecule has 6 heteroatoms. The number of nitrogens with one attached hydrogen (secondary N) is 1. The molecule has 1 aromatic carbocycles. The fraction of sp³-hybridized carbons (Fsp3) is 0.308. The Kier molecular flexibility index (Phi) is 5.57. The summed E-state index contributed by atoms with van der Waals surface area (Å²) in [5, 5.41) is 3.19. The highest BCUT2D eigenvalue weighted by molar-refractivity contribution is 9.11. The lowest BCUT2D eigenvalue weighted by Gasteiger charge is -2.01. The number of rotatable bonds is 6. The quantitative estimate of drug-likeness (QED) is 0.766. The first-order valence-corrected chi connectivity index (χ1v) is 7.38. The normalized spacial score (nSPS) is 10.9. The topological polar surface area (TPSA) is 47.3 Å². The molecule has 0 radical (unpaired) electrons. The number of hydrogen-bond acceptors (Lipinski definition) is 4. The Morgan fingerprint density at radius 3 is 2.68 bits per heavy atom. The lowest BCUT2D eigenvalue weighted by atomic mass is 10.2. The molecule has 19 heavy (non-hydrogen) atoms. The minimum atomic E-state index is 0.596. The van der Waals surface area contributed by atoms with Crippen LogP contribution in [0.5, 0.6) is 0 Å². The molecule has 2 rings (SSSR count). The Morgan fingerprint density at radius 2 is 2.00 bits per heavy atom. The molecule has 0 fully saturated rings. The van der Waals surface area contributed by atoms with Crippen molar-refractivity contribution in [3.05, 3.63) is 39.2 Å². The number of aromatic nitrogens is 1. The molecule has 0 aliphatic rings. The molecule has 0 spiro atoms. The van der Waals surface area contributed by atoms with Gasteiger partial charge < -0.3 is 14.5 Å². The van der Waals surface area contributed by atoms with E-state index >= 15 is 0 Å². The summed E-state index contributed by atoms with van der Waals surface area (Å²) in [6, 6.07) is 5.97. The van der Waals surface area contributed by atoms with Gasteiger partial charge in [0.25, 0.3) is 0 Å². The predicted molar refractivity (Wildman–Crippen MR) is 80.9 cm³/mol. The molecule has 0 saturated carbocycles. The van der Waals surface area contributed by atoms with Gasteiger partial charge in [0.2, 0.25) is 5.89 Å². The maximum absolute atomic E-state index is 5.70. The molecule has 0 atom stereocenters. The molecule has 1 heterocycles. The first-order valence-electron chi connectivity index (χ1n) is 5.80. The van der Waals surface area contributed by atoms with Crippen molar-refractivity contribution in [3.63, 3.8) is 0 Å². The Hall–Kier alpha value is -0.690. The monoisotopic (exact) mass is 388 g/mol. The lowest BCUT2D eigenvalue weighted by Crippen LogP contribution is -2.18. The number of benzene rings is 1. The zero-order chi connectivity index (χ0) is 13.7. The van der Waals surface area contributed by atoms with Gasteiger partial charge in [0.05, 0.1) is 19.3 Å². The van der Waals surface area contributed by atoms with Crippen LogP contribution >= 0.6 is 31.9 Å². The van der Waals surface area contributed by atoms with E-state index in [9.17, 15) is 0 Å². The lowest BCUT2D eigenvalue weighted by molar-refractivity contribution is 0.198. The Bertz CT molecular complexity index is 523. The van der Waals surface area contributed by atoms with Crippen molar-refractivity contribution < 1.29 is 9.15 Å². The summed E-state index contributed by atoms with van der Waals surface area (Å²) in [5.74, 6) is 1.42. The summed E-state index contributed by atoms with van der Waals surface area (Å²) in [6.07, 6.45) is 1.74. The molecule has 4 nitrogen and oxygen atoms in total. The second-order valence-corrected chi connectivity index (χ2v) is 5.78. The highest BCUT2D eigenvalue weighted by Gasteiger charge is 2.07. The predicted octanol–water partition coefficient (Wildman–Crippen LogP) is 3.60. The van der Waals surface area contributed by atoms with Gasteiger partial charge >= 0.3 is 0 Å². The highest BCUT2D eigenvalue weighted by atomic mass is 79.9. The number of methoxy groups -OCH3 is 1. The van der Waals surface area contributed by atoms with Crippen LogP contribution in [0, 0.1) is 0 Å². The second kappa shape index (κ2) is 7.19. The van der Waals surface area contributed by atoms with Gasteiger partial charge in [-0.1, -0.05) is 31.9 Å². The van der Waals surface area contributed by atoms with Gasteiger partial charge in [0.1, 0.15) is 0 Å². The van der Waals surface area contributed by atoms with E-state index in [0.717, 1.165) is 26.8 Å². The maximum Gasteiger partial charge on any atom is 0.208 e. The molecule has 0 aliphatic carbocycles. The summed E-state index contributed by atoms with van der Waals surface area (Å²) in [6.45, 7) is 2.04. The van der Waals surface area contributed by atoms with E-state index < -0.39 is 0 Å². The summed E-state index contributed by atoms with van der Waals surface area (Å²) in [7, 11) is 1.68. The van der Waals surface area contributed by atoms with Crippen molar-refractivity contribution >= 4 is 31.9 Å². The average Bonchev–Trinajstić information content (AvgIpc) is 2.82. The van der Waals surface area contributed by atoms with Crippen LogP contribution in [0.3, 0.4) is 0 Å². The van der Waals surface area contributed by atoms with Crippen LogP contribution in [0.25, 0.3) is 11.3 Å². The minimum Gasteiger partial charge on any atom is -0.439 e. The van der Waals surface area contributed by atoms with Gasteiger partial charge in [0, 0.05) is 28.2 Å². The molecular weight excluding hydrogens is 376 g/mol. The standard InChI is InChI=1S/C13H14Br2N2O2/c1-18-3-2-16-8-13-17-7-12(19-13)9-4-10(14)6-11(15)5-9/h4-7,16H,2-3,8H2,1H3.